The summed E-state index contributed by atoms with van der Waals surface area (Å²) in [4.78, 5) is 2.19. The molecule has 2 saturated heterocycles. The van der Waals surface area contributed by atoms with Gasteiger partial charge in [0.05, 0.1) is 23.7 Å². The first-order valence-electron chi connectivity index (χ1n) is 7.70. The largest absolute Gasteiger partial charge is 0.390 e. The number of hydrogen-bond donors (Lipinski definition) is 2. The lowest BCUT2D eigenvalue weighted by Crippen LogP contribution is -2.49. The molecule has 5 nitrogen and oxygen atoms in total. The standard InChI is InChI=1S/C14H28N2O3S/c1-11(2)6-15-7-12-4-3-5-16(8-12)13-9-20(18,19)10-14(13)17/h11-15,17H,3-10H2,1-2H3. The SMILES string of the molecule is CC(C)CNCC1CCCN(C2CS(=O)(=O)CC2O)C1. The van der Waals surface area contributed by atoms with Crippen molar-refractivity contribution in [3.8, 4) is 0 Å². The zero-order chi connectivity index (χ0) is 14.8. The van der Waals surface area contributed by atoms with Crippen LogP contribution in [0.15, 0.2) is 0 Å². The van der Waals surface area contributed by atoms with E-state index in [0.717, 1.165) is 32.6 Å². The molecule has 0 aliphatic carbocycles. The average molecular weight is 304 g/mol. The number of nitrogens with one attached hydrogen (secondary N) is 1. The third-order valence-electron chi connectivity index (χ3n) is 4.30. The van der Waals surface area contributed by atoms with Crippen LogP contribution in [0.4, 0.5) is 0 Å². The van der Waals surface area contributed by atoms with Crippen molar-refractivity contribution in [1.29, 1.82) is 0 Å². The van der Waals surface area contributed by atoms with Gasteiger partial charge in [0.25, 0.3) is 0 Å². The molecule has 118 valence electrons. The zero-order valence-corrected chi connectivity index (χ0v) is 13.4. The van der Waals surface area contributed by atoms with Gasteiger partial charge in [-0.3, -0.25) is 4.90 Å². The second-order valence-corrected chi connectivity index (χ2v) is 8.92. The number of aliphatic hydroxyl groups is 1. The quantitative estimate of drug-likeness (QED) is 0.754. The van der Waals surface area contributed by atoms with E-state index in [2.05, 4.69) is 24.1 Å². The summed E-state index contributed by atoms with van der Waals surface area (Å²) in [5.41, 5.74) is 0. The summed E-state index contributed by atoms with van der Waals surface area (Å²) in [5.74, 6) is 1.28. The van der Waals surface area contributed by atoms with Crippen LogP contribution < -0.4 is 5.32 Å². The lowest BCUT2D eigenvalue weighted by Gasteiger charge is -2.37. The Morgan fingerprint density at radius 2 is 2.10 bits per heavy atom. The molecule has 20 heavy (non-hydrogen) atoms. The van der Waals surface area contributed by atoms with Crippen LogP contribution in [-0.2, 0) is 9.84 Å². The molecule has 0 spiro atoms. The lowest BCUT2D eigenvalue weighted by molar-refractivity contribution is 0.0534. The highest BCUT2D eigenvalue weighted by molar-refractivity contribution is 7.91. The Morgan fingerprint density at radius 1 is 1.35 bits per heavy atom. The second kappa shape index (κ2) is 6.73. The number of sulfone groups is 1. The molecule has 2 fully saturated rings. The van der Waals surface area contributed by atoms with Gasteiger partial charge in [-0.2, -0.15) is 0 Å². The molecular formula is C14H28N2O3S. The highest BCUT2D eigenvalue weighted by Gasteiger charge is 2.41. The Morgan fingerprint density at radius 3 is 2.70 bits per heavy atom. The van der Waals surface area contributed by atoms with Crippen LogP contribution in [0, 0.1) is 11.8 Å². The van der Waals surface area contributed by atoms with Gasteiger partial charge in [-0.05, 0) is 44.3 Å². The van der Waals surface area contributed by atoms with Crippen molar-refractivity contribution in [2.24, 2.45) is 11.8 Å². The predicted molar refractivity (Wildman–Crippen MR) is 80.5 cm³/mol. The van der Waals surface area contributed by atoms with Crippen molar-refractivity contribution in [1.82, 2.24) is 10.2 Å². The summed E-state index contributed by atoms with van der Waals surface area (Å²) < 4.78 is 23.2. The van der Waals surface area contributed by atoms with E-state index in [-0.39, 0.29) is 17.5 Å². The van der Waals surface area contributed by atoms with Crippen LogP contribution >= 0.6 is 0 Å². The van der Waals surface area contributed by atoms with Crippen LogP contribution in [0.3, 0.4) is 0 Å². The number of nitrogens with zero attached hydrogens (tertiary/aromatic N) is 1. The lowest BCUT2D eigenvalue weighted by atomic mass is 9.96. The van der Waals surface area contributed by atoms with Crippen LogP contribution in [0.5, 0.6) is 0 Å². The summed E-state index contributed by atoms with van der Waals surface area (Å²) >= 11 is 0. The Labute approximate surface area is 122 Å². The van der Waals surface area contributed by atoms with Gasteiger partial charge in [-0.15, -0.1) is 0 Å². The van der Waals surface area contributed by atoms with Gasteiger partial charge >= 0.3 is 0 Å². The highest BCUT2D eigenvalue weighted by Crippen LogP contribution is 2.24. The monoisotopic (exact) mass is 304 g/mol. The summed E-state index contributed by atoms with van der Waals surface area (Å²) in [6.45, 7) is 8.22. The van der Waals surface area contributed by atoms with Gasteiger partial charge in [0.1, 0.15) is 0 Å². The molecule has 0 radical (unpaired) electrons. The molecule has 2 aliphatic rings. The Kier molecular flexibility index (Phi) is 5.45. The predicted octanol–water partition coefficient (Wildman–Crippen LogP) is 0.102. The van der Waals surface area contributed by atoms with E-state index in [1.165, 1.54) is 6.42 Å². The third-order valence-corrected chi connectivity index (χ3v) is 6.00. The van der Waals surface area contributed by atoms with Crippen molar-refractivity contribution < 1.29 is 13.5 Å². The first-order chi connectivity index (χ1) is 9.37. The minimum atomic E-state index is -3.05. The first-order valence-corrected chi connectivity index (χ1v) is 9.53. The highest BCUT2D eigenvalue weighted by atomic mass is 32.2. The fourth-order valence-electron chi connectivity index (χ4n) is 3.30. The molecule has 0 aromatic carbocycles. The van der Waals surface area contributed by atoms with E-state index >= 15 is 0 Å². The topological polar surface area (TPSA) is 69.6 Å². The van der Waals surface area contributed by atoms with Crippen LogP contribution in [0.1, 0.15) is 26.7 Å². The van der Waals surface area contributed by atoms with Gasteiger partial charge in [0.15, 0.2) is 9.84 Å². The number of hydrogen-bond acceptors (Lipinski definition) is 5. The minimum absolute atomic E-state index is 0.0650. The number of aliphatic hydroxyl groups excluding tert-OH is 1. The Hall–Kier alpha value is -0.170. The second-order valence-electron chi connectivity index (χ2n) is 6.77. The van der Waals surface area contributed by atoms with Crippen molar-refractivity contribution in [2.45, 2.75) is 38.8 Å². The molecule has 6 heteroatoms. The van der Waals surface area contributed by atoms with Crippen LogP contribution in [0.25, 0.3) is 0 Å². The van der Waals surface area contributed by atoms with Crippen molar-refractivity contribution in [3.05, 3.63) is 0 Å². The van der Waals surface area contributed by atoms with E-state index in [4.69, 9.17) is 0 Å². The smallest absolute Gasteiger partial charge is 0.154 e. The summed E-state index contributed by atoms with van der Waals surface area (Å²) in [6, 6.07) is -0.187. The molecule has 0 saturated carbocycles. The molecule has 0 aromatic rings. The van der Waals surface area contributed by atoms with E-state index in [0.29, 0.717) is 11.8 Å². The molecule has 3 atom stereocenters. The molecule has 2 rings (SSSR count). The maximum absolute atomic E-state index is 11.6. The normalized spacial score (nSPS) is 34.7. The van der Waals surface area contributed by atoms with Crippen molar-refractivity contribution in [3.63, 3.8) is 0 Å². The Bertz CT molecular complexity index is 411. The first kappa shape index (κ1) is 16.2. The third kappa shape index (κ3) is 4.41. The van der Waals surface area contributed by atoms with Gasteiger partial charge in [-0.1, -0.05) is 13.8 Å². The molecule has 0 amide bonds. The molecular weight excluding hydrogens is 276 g/mol. The maximum Gasteiger partial charge on any atom is 0.154 e. The zero-order valence-electron chi connectivity index (χ0n) is 12.6. The minimum Gasteiger partial charge on any atom is -0.390 e. The van der Waals surface area contributed by atoms with Crippen LogP contribution in [-0.4, -0.2) is 68.3 Å². The average Bonchev–Trinajstić information content (AvgIpc) is 2.63. The molecule has 0 bridgehead atoms. The number of likely N-dealkylation sites (tertiary alicyclic amines) is 1. The molecule has 2 heterocycles. The van der Waals surface area contributed by atoms with Gasteiger partial charge in [0, 0.05) is 6.54 Å². The van der Waals surface area contributed by atoms with E-state index in [9.17, 15) is 13.5 Å². The van der Waals surface area contributed by atoms with E-state index in [1.807, 2.05) is 0 Å². The van der Waals surface area contributed by atoms with E-state index < -0.39 is 15.9 Å². The van der Waals surface area contributed by atoms with Gasteiger partial charge in [0.2, 0.25) is 0 Å². The van der Waals surface area contributed by atoms with Gasteiger partial charge < -0.3 is 10.4 Å². The summed E-state index contributed by atoms with van der Waals surface area (Å²) in [7, 11) is -3.05. The summed E-state index contributed by atoms with van der Waals surface area (Å²) in [5, 5.41) is 13.5. The van der Waals surface area contributed by atoms with Crippen molar-refractivity contribution in [2.75, 3.05) is 37.7 Å². The molecule has 2 aliphatic heterocycles. The Balaban J connectivity index is 1.84. The fraction of sp³-hybridized carbons (Fsp3) is 1.00. The number of rotatable bonds is 5. The maximum atomic E-state index is 11.6. The molecule has 3 unspecified atom stereocenters. The van der Waals surface area contributed by atoms with E-state index in [1.54, 1.807) is 0 Å². The van der Waals surface area contributed by atoms with Crippen molar-refractivity contribution >= 4 is 9.84 Å². The molecule has 2 N–H and O–H groups in total. The fourth-order valence-corrected chi connectivity index (χ4v) is 5.13. The van der Waals surface area contributed by atoms with Crippen LogP contribution in [0.2, 0.25) is 0 Å². The summed E-state index contributed by atoms with van der Waals surface area (Å²) in [6.07, 6.45) is 1.58. The van der Waals surface area contributed by atoms with Gasteiger partial charge in [-0.25, -0.2) is 8.42 Å². The molecule has 0 aromatic heterocycles. The number of piperidine rings is 1.